The molecule has 1 amide bonds. The zero-order valence-electron chi connectivity index (χ0n) is 15.0. The second-order valence-corrected chi connectivity index (χ2v) is 7.12. The van der Waals surface area contributed by atoms with Gasteiger partial charge < -0.3 is 19.9 Å². The number of fused-ring (bicyclic) bond motifs is 1. The predicted molar refractivity (Wildman–Crippen MR) is 103 cm³/mol. The molecule has 2 heterocycles. The van der Waals surface area contributed by atoms with Gasteiger partial charge in [-0.05, 0) is 24.7 Å². The summed E-state index contributed by atoms with van der Waals surface area (Å²) in [6.45, 7) is 1.74. The third-order valence-electron chi connectivity index (χ3n) is 5.31. The van der Waals surface area contributed by atoms with Crippen molar-refractivity contribution in [2.24, 2.45) is 7.05 Å². The number of nitrogens with one attached hydrogen (secondary N) is 1. The van der Waals surface area contributed by atoms with Crippen molar-refractivity contribution in [3.8, 4) is 5.75 Å². The average Bonchev–Trinajstić information content (AvgIpc) is 3.16. The van der Waals surface area contributed by atoms with Crippen molar-refractivity contribution in [3.63, 3.8) is 0 Å². The van der Waals surface area contributed by atoms with Gasteiger partial charge in [0.25, 0.3) is 5.91 Å². The Morgan fingerprint density at radius 3 is 2.58 bits per heavy atom. The maximum atomic E-state index is 13.0. The van der Waals surface area contributed by atoms with Gasteiger partial charge in [0.15, 0.2) is 0 Å². The zero-order valence-corrected chi connectivity index (χ0v) is 15.0. The summed E-state index contributed by atoms with van der Waals surface area (Å²) < 4.78 is 1.76. The van der Waals surface area contributed by atoms with E-state index in [2.05, 4.69) is 29.4 Å². The van der Waals surface area contributed by atoms with E-state index in [1.54, 1.807) is 16.7 Å². The lowest BCUT2D eigenvalue weighted by Crippen LogP contribution is -2.40. The summed E-state index contributed by atoms with van der Waals surface area (Å²) in [4.78, 5) is 15.2. The molecule has 0 radical (unpaired) electrons. The molecule has 4 rings (SSSR count). The highest BCUT2D eigenvalue weighted by Gasteiger charge is 2.33. The van der Waals surface area contributed by atoms with Crippen molar-refractivity contribution in [1.29, 1.82) is 0 Å². The Hall–Kier alpha value is -2.79. The number of phenols is 1. The topological polar surface area (TPSA) is 57.5 Å². The number of amides is 1. The van der Waals surface area contributed by atoms with Crippen molar-refractivity contribution >= 4 is 16.8 Å². The normalized spacial score (nSPS) is 20.5. The first-order chi connectivity index (χ1) is 12.5. The molecule has 1 fully saturated rings. The third kappa shape index (κ3) is 2.84. The minimum atomic E-state index is -0.107. The Morgan fingerprint density at radius 1 is 1.08 bits per heavy atom. The number of likely N-dealkylation sites (N-methyl/N-ethyl adjacent to an activating group) is 1. The maximum Gasteiger partial charge on any atom is 0.268 e. The van der Waals surface area contributed by atoms with Crippen molar-refractivity contribution in [3.05, 3.63) is 65.9 Å². The first-order valence-corrected chi connectivity index (χ1v) is 8.86. The summed E-state index contributed by atoms with van der Waals surface area (Å²) in [5, 5.41) is 14.2. The van der Waals surface area contributed by atoms with Crippen molar-refractivity contribution in [2.75, 3.05) is 20.1 Å². The molecule has 3 aromatic rings. The third-order valence-corrected chi connectivity index (χ3v) is 5.31. The molecule has 0 spiro atoms. The molecule has 26 heavy (non-hydrogen) atoms. The molecule has 134 valence electrons. The van der Waals surface area contributed by atoms with Crippen LogP contribution in [-0.4, -0.2) is 46.7 Å². The number of hydrogen-bond acceptors (Lipinski definition) is 3. The van der Waals surface area contributed by atoms with E-state index in [1.165, 1.54) is 5.56 Å². The van der Waals surface area contributed by atoms with Crippen LogP contribution >= 0.6 is 0 Å². The molecule has 2 aromatic carbocycles. The minimum absolute atomic E-state index is 0.0570. The molecule has 2 N–H and O–H groups in total. The maximum absolute atomic E-state index is 13.0. The van der Waals surface area contributed by atoms with Crippen LogP contribution in [0.15, 0.2) is 54.6 Å². The van der Waals surface area contributed by atoms with Crippen LogP contribution in [0.25, 0.3) is 10.9 Å². The molecule has 2 unspecified atom stereocenters. The average molecular weight is 349 g/mol. The lowest BCUT2D eigenvalue weighted by molar-refractivity contribution is 0.0928. The highest BCUT2D eigenvalue weighted by atomic mass is 16.3. The first kappa shape index (κ1) is 16.7. The summed E-state index contributed by atoms with van der Waals surface area (Å²) in [6.07, 6.45) is 0. The van der Waals surface area contributed by atoms with Crippen LogP contribution in [0.4, 0.5) is 0 Å². The van der Waals surface area contributed by atoms with Gasteiger partial charge in [-0.1, -0.05) is 42.5 Å². The Balaban J connectivity index is 1.61. The van der Waals surface area contributed by atoms with E-state index in [0.29, 0.717) is 11.2 Å². The van der Waals surface area contributed by atoms with Crippen LogP contribution in [0.3, 0.4) is 0 Å². The van der Waals surface area contributed by atoms with E-state index in [0.717, 1.165) is 18.5 Å². The second-order valence-electron chi connectivity index (χ2n) is 7.12. The molecular weight excluding hydrogens is 326 g/mol. The lowest BCUT2D eigenvalue weighted by atomic mass is 9.94. The van der Waals surface area contributed by atoms with Gasteiger partial charge in [-0.15, -0.1) is 0 Å². The molecule has 5 heteroatoms. The molecule has 2 atom stereocenters. The highest BCUT2D eigenvalue weighted by Crippen LogP contribution is 2.29. The number of aromatic nitrogens is 1. The van der Waals surface area contributed by atoms with Crippen molar-refractivity contribution < 1.29 is 9.90 Å². The number of phenolic OH excluding ortho intramolecular Hbond substituents is 1. The lowest BCUT2D eigenvalue weighted by Gasteiger charge is -2.20. The standard InChI is InChI=1S/C21H23N3O2/c1-23-12-16(14-7-4-3-5-8-14)17(13-23)22-21(26)18-11-15-9-6-10-19(25)20(15)24(18)2/h3-11,16-17,25H,12-13H2,1-2H3,(H,22,26). The highest BCUT2D eigenvalue weighted by molar-refractivity contribution is 6.00. The Morgan fingerprint density at radius 2 is 1.85 bits per heavy atom. The first-order valence-electron chi connectivity index (χ1n) is 8.86. The molecule has 1 aliphatic heterocycles. The van der Waals surface area contributed by atoms with Crippen LogP contribution in [0.1, 0.15) is 22.0 Å². The molecular formula is C21H23N3O2. The van der Waals surface area contributed by atoms with Crippen LogP contribution in [-0.2, 0) is 7.05 Å². The van der Waals surface area contributed by atoms with Gasteiger partial charge in [-0.3, -0.25) is 4.79 Å². The van der Waals surface area contributed by atoms with Crippen LogP contribution in [0.2, 0.25) is 0 Å². The SMILES string of the molecule is CN1CC(NC(=O)c2cc3cccc(O)c3n2C)C(c2ccccc2)C1. The molecule has 5 nitrogen and oxygen atoms in total. The van der Waals surface area contributed by atoms with E-state index < -0.39 is 0 Å². The minimum Gasteiger partial charge on any atom is -0.506 e. The quantitative estimate of drug-likeness (QED) is 0.764. The van der Waals surface area contributed by atoms with Gasteiger partial charge in [-0.2, -0.15) is 0 Å². The fraction of sp³-hybridized carbons (Fsp3) is 0.286. The Labute approximate surface area is 152 Å². The number of aromatic hydroxyl groups is 1. The number of carbonyl (C=O) groups excluding carboxylic acids is 1. The van der Waals surface area contributed by atoms with E-state index in [1.807, 2.05) is 37.4 Å². The van der Waals surface area contributed by atoms with Gasteiger partial charge in [0, 0.05) is 37.5 Å². The number of likely N-dealkylation sites (tertiary alicyclic amines) is 1. The monoisotopic (exact) mass is 349 g/mol. The number of benzene rings is 2. The summed E-state index contributed by atoms with van der Waals surface area (Å²) in [5.74, 6) is 0.351. The van der Waals surface area contributed by atoms with E-state index in [9.17, 15) is 9.90 Å². The van der Waals surface area contributed by atoms with Crippen LogP contribution in [0, 0.1) is 0 Å². The van der Waals surface area contributed by atoms with E-state index in [4.69, 9.17) is 0 Å². The predicted octanol–water partition coefficient (Wildman–Crippen LogP) is 2.71. The number of nitrogens with zero attached hydrogens (tertiary/aromatic N) is 2. The number of aryl methyl sites for hydroxylation is 1. The molecule has 0 bridgehead atoms. The van der Waals surface area contributed by atoms with Gasteiger partial charge in [0.1, 0.15) is 11.4 Å². The largest absolute Gasteiger partial charge is 0.506 e. The fourth-order valence-corrected chi connectivity index (χ4v) is 4.04. The summed E-state index contributed by atoms with van der Waals surface area (Å²) in [5.41, 5.74) is 2.49. The molecule has 1 aliphatic rings. The van der Waals surface area contributed by atoms with Crippen LogP contribution in [0.5, 0.6) is 5.75 Å². The Kier molecular flexibility index (Phi) is 4.17. The second kappa shape index (κ2) is 6.50. The van der Waals surface area contributed by atoms with Gasteiger partial charge in [-0.25, -0.2) is 0 Å². The smallest absolute Gasteiger partial charge is 0.268 e. The van der Waals surface area contributed by atoms with E-state index in [-0.39, 0.29) is 23.6 Å². The number of rotatable bonds is 3. The van der Waals surface area contributed by atoms with Gasteiger partial charge in [0.05, 0.1) is 5.52 Å². The summed E-state index contributed by atoms with van der Waals surface area (Å²) >= 11 is 0. The molecule has 1 aromatic heterocycles. The van der Waals surface area contributed by atoms with Gasteiger partial charge >= 0.3 is 0 Å². The molecule has 0 saturated carbocycles. The van der Waals surface area contributed by atoms with E-state index >= 15 is 0 Å². The van der Waals surface area contributed by atoms with Crippen LogP contribution < -0.4 is 5.32 Å². The number of para-hydroxylation sites is 1. The zero-order chi connectivity index (χ0) is 18.3. The summed E-state index contributed by atoms with van der Waals surface area (Å²) in [6, 6.07) is 17.6. The number of carbonyl (C=O) groups is 1. The number of hydrogen-bond donors (Lipinski definition) is 2. The van der Waals surface area contributed by atoms with Gasteiger partial charge in [0.2, 0.25) is 0 Å². The molecule has 1 saturated heterocycles. The van der Waals surface area contributed by atoms with Crippen molar-refractivity contribution in [2.45, 2.75) is 12.0 Å². The fourth-order valence-electron chi connectivity index (χ4n) is 4.04. The van der Waals surface area contributed by atoms with Crippen molar-refractivity contribution in [1.82, 2.24) is 14.8 Å². The molecule has 0 aliphatic carbocycles. The summed E-state index contributed by atoms with van der Waals surface area (Å²) in [7, 11) is 3.89. The Bertz CT molecular complexity index is 949.